The monoisotopic (exact) mass is 409 g/mol. The summed E-state index contributed by atoms with van der Waals surface area (Å²) in [6, 6.07) is 7.09. The Balaban J connectivity index is 1.57. The Morgan fingerprint density at radius 1 is 1.31 bits per heavy atom. The largest absolute Gasteiger partial charge is 0.509 e. The van der Waals surface area contributed by atoms with Crippen LogP contribution in [0.15, 0.2) is 36.7 Å². The summed E-state index contributed by atoms with van der Waals surface area (Å²) < 4.78 is 36.2. The van der Waals surface area contributed by atoms with Gasteiger partial charge in [0.15, 0.2) is 0 Å². The fourth-order valence-electron chi connectivity index (χ4n) is 3.15. The quantitative estimate of drug-likeness (QED) is 0.738. The van der Waals surface area contributed by atoms with Crippen LogP contribution >= 0.6 is 0 Å². The van der Waals surface area contributed by atoms with Crippen molar-refractivity contribution in [2.24, 2.45) is 0 Å². The summed E-state index contributed by atoms with van der Waals surface area (Å²) in [6.45, 7) is 2.87. The van der Waals surface area contributed by atoms with Gasteiger partial charge in [0, 0.05) is 24.3 Å². The number of aromatic nitrogens is 2. The second-order valence-electron chi connectivity index (χ2n) is 8.01. The van der Waals surface area contributed by atoms with E-state index in [0.29, 0.717) is 23.2 Å². The normalized spacial score (nSPS) is 22.1. The minimum atomic E-state index is -2.67. The van der Waals surface area contributed by atoms with E-state index >= 15 is 0 Å². The number of carbonyl (C=O) groups excluding carboxylic acids is 1. The van der Waals surface area contributed by atoms with Crippen molar-refractivity contribution in [3.05, 3.63) is 42.2 Å². The minimum Gasteiger partial charge on any atom is -0.429 e. The first-order valence-corrected chi connectivity index (χ1v) is 9.35. The number of carbonyl (C=O) groups is 1. The molecule has 2 heterocycles. The van der Waals surface area contributed by atoms with E-state index in [2.05, 4.69) is 10.4 Å². The lowest BCUT2D eigenvalue weighted by Crippen LogP contribution is -2.37. The summed E-state index contributed by atoms with van der Waals surface area (Å²) in [7, 11) is 0. The number of alkyl halides is 2. The number of hydrogen-bond donors (Lipinski definition) is 2. The predicted molar refractivity (Wildman–Crippen MR) is 102 cm³/mol. The molecule has 3 atom stereocenters. The highest BCUT2D eigenvalue weighted by Gasteiger charge is 2.37. The van der Waals surface area contributed by atoms with Crippen LogP contribution in [0.3, 0.4) is 0 Å². The maximum absolute atomic E-state index is 12.6. The maximum Gasteiger partial charge on any atom is 0.509 e. The molecule has 9 heteroatoms. The molecule has 29 heavy (non-hydrogen) atoms. The van der Waals surface area contributed by atoms with Gasteiger partial charge in [0.05, 0.1) is 6.20 Å². The number of rotatable bonds is 5. The lowest BCUT2D eigenvalue weighted by atomic mass is 9.99. The fraction of sp³-hybridized carbons (Fsp3) is 0.500. The van der Waals surface area contributed by atoms with Crippen molar-refractivity contribution in [2.45, 2.75) is 57.6 Å². The Morgan fingerprint density at radius 2 is 2.00 bits per heavy atom. The number of ether oxygens (including phenoxy) is 2. The van der Waals surface area contributed by atoms with E-state index in [0.717, 1.165) is 11.1 Å². The second-order valence-corrected chi connectivity index (χ2v) is 8.01. The summed E-state index contributed by atoms with van der Waals surface area (Å²) in [4.78, 5) is 11.8. The molecule has 0 radical (unpaired) electrons. The third kappa shape index (κ3) is 5.51. The number of aliphatic hydroxyl groups excluding tert-OH is 1. The molecular formula is C20H25F2N3O4. The summed E-state index contributed by atoms with van der Waals surface area (Å²) in [5.74, 6) is 0. The molecule has 0 spiro atoms. The molecule has 1 aromatic carbocycles. The predicted octanol–water partition coefficient (Wildman–Crippen LogP) is 3.14. The molecule has 3 rings (SSSR count). The van der Waals surface area contributed by atoms with Crippen molar-refractivity contribution < 1.29 is 28.2 Å². The molecule has 0 aliphatic carbocycles. The number of nitrogens with zero attached hydrogens (tertiary/aromatic N) is 2. The van der Waals surface area contributed by atoms with E-state index < -0.39 is 30.5 Å². The van der Waals surface area contributed by atoms with Crippen LogP contribution in [-0.4, -0.2) is 51.4 Å². The molecular weight excluding hydrogens is 384 g/mol. The number of hydrogen-bond acceptors (Lipinski definition) is 6. The van der Waals surface area contributed by atoms with Crippen LogP contribution in [0.4, 0.5) is 13.6 Å². The van der Waals surface area contributed by atoms with Crippen molar-refractivity contribution in [1.29, 1.82) is 0 Å². The lowest BCUT2D eigenvalue weighted by molar-refractivity contribution is -0.0486. The van der Waals surface area contributed by atoms with Crippen molar-refractivity contribution in [2.75, 3.05) is 6.54 Å². The Morgan fingerprint density at radius 3 is 2.59 bits per heavy atom. The molecule has 0 bridgehead atoms. The van der Waals surface area contributed by atoms with Crippen LogP contribution in [0.2, 0.25) is 0 Å². The van der Waals surface area contributed by atoms with Gasteiger partial charge in [-0.25, -0.2) is 9.48 Å². The van der Waals surface area contributed by atoms with Gasteiger partial charge in [0.1, 0.15) is 17.8 Å². The number of aliphatic hydroxyl groups is 1. The van der Waals surface area contributed by atoms with Crippen molar-refractivity contribution >= 4 is 6.16 Å². The lowest BCUT2D eigenvalue weighted by Gasteiger charge is -2.22. The zero-order valence-corrected chi connectivity index (χ0v) is 16.5. The molecule has 0 saturated carbocycles. The van der Waals surface area contributed by atoms with E-state index in [4.69, 9.17) is 9.47 Å². The molecule has 1 aromatic heterocycles. The van der Waals surface area contributed by atoms with Gasteiger partial charge >= 0.3 is 12.7 Å². The zero-order chi connectivity index (χ0) is 21.2. The molecule has 0 amide bonds. The second kappa shape index (κ2) is 8.46. The van der Waals surface area contributed by atoms with Crippen LogP contribution in [0, 0.1) is 0 Å². The molecule has 7 nitrogen and oxygen atoms in total. The van der Waals surface area contributed by atoms with E-state index in [-0.39, 0.29) is 6.04 Å². The molecule has 1 aliphatic rings. The van der Waals surface area contributed by atoms with E-state index in [1.165, 1.54) is 12.4 Å². The third-order valence-electron chi connectivity index (χ3n) is 4.56. The summed E-state index contributed by atoms with van der Waals surface area (Å²) in [5, 5.41) is 17.3. The highest BCUT2D eigenvalue weighted by Crippen LogP contribution is 2.23. The number of nitrogens with one attached hydrogen (secondary N) is 1. The summed E-state index contributed by atoms with van der Waals surface area (Å²) >= 11 is 0. The van der Waals surface area contributed by atoms with E-state index in [9.17, 15) is 18.7 Å². The maximum atomic E-state index is 12.6. The molecule has 1 aliphatic heterocycles. The minimum absolute atomic E-state index is 0.283. The van der Waals surface area contributed by atoms with Crippen LogP contribution < -0.4 is 5.32 Å². The summed E-state index contributed by atoms with van der Waals surface area (Å²) in [6.07, 6.45) is 0.840. The zero-order valence-electron chi connectivity index (χ0n) is 16.5. The average Bonchev–Trinajstić information content (AvgIpc) is 3.24. The van der Waals surface area contributed by atoms with Crippen molar-refractivity contribution in [3.63, 3.8) is 0 Å². The van der Waals surface area contributed by atoms with E-state index in [1.807, 2.05) is 24.3 Å². The Labute approximate surface area is 167 Å². The number of benzene rings is 1. The van der Waals surface area contributed by atoms with Crippen molar-refractivity contribution in [1.82, 2.24) is 15.1 Å². The first-order chi connectivity index (χ1) is 13.6. The Kier molecular flexibility index (Phi) is 6.18. The van der Waals surface area contributed by atoms with Gasteiger partial charge in [-0.1, -0.05) is 24.3 Å². The smallest absolute Gasteiger partial charge is 0.429 e. The highest BCUT2D eigenvalue weighted by molar-refractivity contribution is 5.62. The first kappa shape index (κ1) is 21.2. The molecule has 1 fully saturated rings. The van der Waals surface area contributed by atoms with Crippen LogP contribution in [0.25, 0.3) is 11.1 Å². The molecule has 1 saturated heterocycles. The van der Waals surface area contributed by atoms with Gasteiger partial charge in [0.2, 0.25) is 0 Å². The highest BCUT2D eigenvalue weighted by atomic mass is 19.3. The van der Waals surface area contributed by atoms with Gasteiger partial charge in [-0.15, -0.1) is 0 Å². The van der Waals surface area contributed by atoms with Crippen LogP contribution in [-0.2, 0) is 15.9 Å². The van der Waals surface area contributed by atoms with Crippen LogP contribution in [0.5, 0.6) is 0 Å². The molecule has 2 N–H and O–H groups in total. The van der Waals surface area contributed by atoms with Gasteiger partial charge in [-0.2, -0.15) is 13.9 Å². The first-order valence-electron chi connectivity index (χ1n) is 9.35. The Hall–Kier alpha value is -2.52. The average molecular weight is 409 g/mol. The van der Waals surface area contributed by atoms with Gasteiger partial charge in [-0.05, 0) is 38.3 Å². The number of halogens is 2. The standard InChI is InChI=1S/C20H25F2N3O4/c1-20(2,3)29-19(27)28-16-10-23-15(17(16)26)8-12-4-6-13(7-5-12)14-9-24-25(11-14)18(21)22/h4-7,9,11,15-18,23,26H,8,10H2,1-3H3/t15-,16+,17+/m1/s1. The van der Waals surface area contributed by atoms with Gasteiger partial charge < -0.3 is 19.9 Å². The fourth-order valence-corrected chi connectivity index (χ4v) is 3.15. The third-order valence-corrected chi connectivity index (χ3v) is 4.56. The Bertz CT molecular complexity index is 833. The SMILES string of the molecule is CC(C)(C)OC(=O)O[C@H]1CN[C@H](Cc2ccc(-c3cnn(C(F)F)c3)cc2)[C@@H]1O. The summed E-state index contributed by atoms with van der Waals surface area (Å²) in [5.41, 5.74) is 1.65. The van der Waals surface area contributed by atoms with E-state index in [1.54, 1.807) is 20.8 Å². The topological polar surface area (TPSA) is 85.6 Å². The molecule has 2 aromatic rings. The van der Waals surface area contributed by atoms with Gasteiger partial charge in [-0.3, -0.25) is 0 Å². The van der Waals surface area contributed by atoms with Crippen molar-refractivity contribution in [3.8, 4) is 11.1 Å². The van der Waals surface area contributed by atoms with Crippen LogP contribution in [0.1, 0.15) is 32.9 Å². The molecule has 0 unspecified atom stereocenters. The molecule has 158 valence electrons. The van der Waals surface area contributed by atoms with Gasteiger partial charge in [0.25, 0.3) is 0 Å².